The normalized spacial score (nSPS) is 12.3. The maximum absolute atomic E-state index is 12.6. The van der Waals surface area contributed by atoms with Gasteiger partial charge in [0.15, 0.2) is 6.10 Å². The predicted octanol–water partition coefficient (Wildman–Crippen LogP) is 12.9. The third-order valence-corrected chi connectivity index (χ3v) is 11.5. The van der Waals surface area contributed by atoms with E-state index >= 15 is 0 Å². The van der Waals surface area contributed by atoms with Gasteiger partial charge in [-0.15, -0.1) is 0 Å². The van der Waals surface area contributed by atoms with Gasteiger partial charge in [-0.05, 0) is 36.0 Å². The zero-order valence-corrected chi connectivity index (χ0v) is 37.4. The summed E-state index contributed by atoms with van der Waals surface area (Å²) in [6, 6.07) is 31.4. The molecule has 0 saturated carbocycles. The van der Waals surface area contributed by atoms with Gasteiger partial charge in [0.05, 0.1) is 6.61 Å². The fourth-order valence-electron chi connectivity index (χ4n) is 7.69. The number of phosphoric ester groups is 1. The van der Waals surface area contributed by atoms with Crippen LogP contribution in [0.5, 0.6) is 0 Å². The Morgan fingerprint density at radius 1 is 0.517 bits per heavy atom. The van der Waals surface area contributed by atoms with E-state index in [0.29, 0.717) is 13.0 Å². The minimum absolute atomic E-state index is 0.176. The molecule has 0 bridgehead atoms. The zero-order chi connectivity index (χ0) is 43.0. The molecule has 0 saturated heterocycles. The van der Waals surface area contributed by atoms with Gasteiger partial charge in [0.1, 0.15) is 12.2 Å². The van der Waals surface area contributed by atoms with E-state index < -0.39 is 38.1 Å². The number of carbonyl (C=O) groups is 2. The molecule has 0 amide bonds. The van der Waals surface area contributed by atoms with Gasteiger partial charge in [-0.1, -0.05) is 220 Å². The summed E-state index contributed by atoms with van der Waals surface area (Å²) in [7, 11) is -4.78. The van der Waals surface area contributed by atoms with Crippen LogP contribution in [-0.4, -0.2) is 47.7 Å². The molecule has 0 aliphatic carbocycles. The Bertz CT molecular complexity index is 1470. The summed E-state index contributed by atoms with van der Waals surface area (Å²) in [5, 5.41) is 0. The molecule has 3 rings (SSSR count). The molecule has 0 unspecified atom stereocenters. The molecular formula is C50H75O9P. The van der Waals surface area contributed by atoms with Crippen molar-refractivity contribution in [3.05, 3.63) is 108 Å². The second-order valence-corrected chi connectivity index (χ2v) is 17.4. The number of unbranched alkanes of at least 4 members (excludes halogenated alkanes) is 20. The minimum Gasteiger partial charge on any atom is -0.462 e. The van der Waals surface area contributed by atoms with Gasteiger partial charge in [0, 0.05) is 19.4 Å². The topological polar surface area (TPSA) is 129 Å². The summed E-state index contributed by atoms with van der Waals surface area (Å²) in [5.74, 6) is -0.917. The molecule has 3 aromatic carbocycles. The molecule has 9 nitrogen and oxygen atoms in total. The Morgan fingerprint density at radius 2 is 0.883 bits per heavy atom. The monoisotopic (exact) mass is 851 g/mol. The van der Waals surface area contributed by atoms with Crippen LogP contribution in [0.25, 0.3) is 0 Å². The maximum atomic E-state index is 12.6. The Labute approximate surface area is 361 Å². The van der Waals surface area contributed by atoms with Crippen LogP contribution in [0, 0.1) is 0 Å². The molecule has 0 radical (unpaired) electrons. The molecule has 334 valence electrons. The second-order valence-electron chi connectivity index (χ2n) is 16.1. The smallest absolute Gasteiger partial charge is 0.462 e. The van der Waals surface area contributed by atoms with Crippen molar-refractivity contribution in [1.29, 1.82) is 0 Å². The zero-order valence-electron chi connectivity index (χ0n) is 36.5. The number of esters is 2. The van der Waals surface area contributed by atoms with E-state index in [1.54, 1.807) is 0 Å². The van der Waals surface area contributed by atoms with Gasteiger partial charge in [-0.25, -0.2) is 4.57 Å². The molecule has 0 spiro atoms. The molecule has 2 N–H and O–H groups in total. The van der Waals surface area contributed by atoms with E-state index in [1.165, 1.54) is 64.2 Å². The van der Waals surface area contributed by atoms with Crippen LogP contribution in [0.1, 0.15) is 178 Å². The van der Waals surface area contributed by atoms with Crippen molar-refractivity contribution in [3.63, 3.8) is 0 Å². The van der Waals surface area contributed by atoms with Gasteiger partial charge in [-0.2, -0.15) is 0 Å². The van der Waals surface area contributed by atoms with Crippen molar-refractivity contribution in [2.45, 2.75) is 173 Å². The Hall–Kier alpha value is -3.33. The fourth-order valence-corrected chi connectivity index (χ4v) is 8.05. The number of rotatable bonds is 36. The lowest BCUT2D eigenvalue weighted by atomic mass is 9.80. The van der Waals surface area contributed by atoms with E-state index in [1.807, 2.05) is 18.2 Å². The average molecular weight is 851 g/mol. The first-order valence-electron chi connectivity index (χ1n) is 23.1. The average Bonchev–Trinajstić information content (AvgIpc) is 3.26. The first-order valence-corrected chi connectivity index (χ1v) is 24.6. The fraction of sp³-hybridized carbons (Fsp3) is 0.600. The first kappa shape index (κ1) is 51.0. The molecule has 0 aromatic heterocycles. The highest BCUT2D eigenvalue weighted by molar-refractivity contribution is 7.46. The van der Waals surface area contributed by atoms with E-state index in [4.69, 9.17) is 24.0 Å². The third kappa shape index (κ3) is 22.0. The van der Waals surface area contributed by atoms with E-state index in [9.17, 15) is 14.2 Å². The predicted molar refractivity (Wildman–Crippen MR) is 240 cm³/mol. The molecule has 10 heteroatoms. The molecule has 3 aromatic rings. The quantitative estimate of drug-likeness (QED) is 0.0254. The van der Waals surface area contributed by atoms with Crippen LogP contribution in [0.2, 0.25) is 0 Å². The number of hydrogen-bond acceptors (Lipinski definition) is 7. The van der Waals surface area contributed by atoms with Crippen LogP contribution < -0.4 is 0 Å². The van der Waals surface area contributed by atoms with Gasteiger partial charge >= 0.3 is 19.8 Å². The van der Waals surface area contributed by atoms with Crippen molar-refractivity contribution in [1.82, 2.24) is 0 Å². The van der Waals surface area contributed by atoms with Crippen molar-refractivity contribution < 1.29 is 42.7 Å². The SMILES string of the molecule is CCCCCCCCCCCCCCCC(=O)OC[C@H](COP(=O)(O)O)OC(=O)CCCCCCCCCCCOC(c1ccccc1)(c1ccccc1)c1ccccc1. The molecular weight excluding hydrogens is 776 g/mol. The largest absolute Gasteiger partial charge is 0.469 e. The number of benzene rings is 3. The van der Waals surface area contributed by atoms with Crippen LogP contribution in [0.4, 0.5) is 0 Å². The number of hydrogen-bond donors (Lipinski definition) is 2. The second kappa shape index (κ2) is 31.5. The standard InChI is InChI=1S/C50H75O9P/c1-2-3-4-5-6-7-8-9-10-12-15-18-30-39-48(51)56-42-47(43-58-60(53,54)55)59-49(52)40-31-19-16-13-11-14-17-20-32-41-57-50(44-33-24-21-25-34-44,45-35-26-22-27-36-45)46-37-28-23-29-38-46/h21-29,33-38,47H,2-20,30-32,39-43H2,1H3,(H2,53,54,55)/t47-/m1/s1. The van der Waals surface area contributed by atoms with Crippen molar-refractivity contribution >= 4 is 19.8 Å². The van der Waals surface area contributed by atoms with Gasteiger partial charge in [0.2, 0.25) is 0 Å². The van der Waals surface area contributed by atoms with Crippen molar-refractivity contribution in [2.24, 2.45) is 0 Å². The van der Waals surface area contributed by atoms with Crippen LogP contribution >= 0.6 is 7.82 Å². The third-order valence-electron chi connectivity index (χ3n) is 11.0. The number of phosphoric acid groups is 1. The van der Waals surface area contributed by atoms with E-state index in [2.05, 4.69) is 84.2 Å². The number of ether oxygens (including phenoxy) is 3. The molecule has 0 aliphatic heterocycles. The lowest BCUT2D eigenvalue weighted by Crippen LogP contribution is -2.33. The van der Waals surface area contributed by atoms with Gasteiger partial charge < -0.3 is 24.0 Å². The lowest BCUT2D eigenvalue weighted by Gasteiger charge is -2.36. The van der Waals surface area contributed by atoms with E-state index in [-0.39, 0.29) is 19.4 Å². The molecule has 0 heterocycles. The van der Waals surface area contributed by atoms with E-state index in [0.717, 1.165) is 87.3 Å². The summed E-state index contributed by atoms with van der Waals surface area (Å²) in [4.78, 5) is 43.2. The summed E-state index contributed by atoms with van der Waals surface area (Å²) >= 11 is 0. The van der Waals surface area contributed by atoms with Crippen LogP contribution in [-0.2, 0) is 38.5 Å². The Kier molecular flexibility index (Phi) is 26.8. The summed E-state index contributed by atoms with van der Waals surface area (Å²) < 4.78 is 33.5. The lowest BCUT2D eigenvalue weighted by molar-refractivity contribution is -0.161. The molecule has 0 aliphatic rings. The highest BCUT2D eigenvalue weighted by Crippen LogP contribution is 2.40. The summed E-state index contributed by atoms with van der Waals surface area (Å²) in [6.45, 7) is 2.03. The van der Waals surface area contributed by atoms with Gasteiger partial charge in [-0.3, -0.25) is 14.1 Å². The number of carbonyl (C=O) groups excluding carboxylic acids is 2. The van der Waals surface area contributed by atoms with Crippen molar-refractivity contribution in [3.8, 4) is 0 Å². The van der Waals surface area contributed by atoms with Crippen LogP contribution in [0.15, 0.2) is 91.0 Å². The Morgan fingerprint density at radius 3 is 1.28 bits per heavy atom. The summed E-state index contributed by atoms with van der Waals surface area (Å²) in [5.41, 5.74) is 2.65. The van der Waals surface area contributed by atoms with Gasteiger partial charge in [0.25, 0.3) is 0 Å². The first-order chi connectivity index (χ1) is 29.2. The van der Waals surface area contributed by atoms with Crippen LogP contribution in [0.3, 0.4) is 0 Å². The van der Waals surface area contributed by atoms with Crippen molar-refractivity contribution in [2.75, 3.05) is 19.8 Å². The summed E-state index contributed by atoms with van der Waals surface area (Å²) in [6.07, 6.45) is 24.1. The Balaban J connectivity index is 1.25. The molecule has 1 atom stereocenters. The highest BCUT2D eigenvalue weighted by atomic mass is 31.2. The maximum Gasteiger partial charge on any atom is 0.469 e. The minimum atomic E-state index is -4.78. The molecule has 60 heavy (non-hydrogen) atoms. The highest BCUT2D eigenvalue weighted by Gasteiger charge is 2.37. The molecule has 0 fully saturated rings.